The van der Waals surface area contributed by atoms with Gasteiger partial charge in [0.25, 0.3) is 0 Å². The Morgan fingerprint density at radius 3 is 2.45 bits per heavy atom. The summed E-state index contributed by atoms with van der Waals surface area (Å²) in [7, 11) is 0. The Balaban J connectivity index is 2.84. The Morgan fingerprint density at radius 1 is 1.36 bits per heavy atom. The lowest BCUT2D eigenvalue weighted by Crippen LogP contribution is -1.82. The number of carbonyl (C=O) groups is 1. The van der Waals surface area contributed by atoms with Gasteiger partial charge in [0.2, 0.25) is 0 Å². The zero-order valence-electron chi connectivity index (χ0n) is 6.08. The van der Waals surface area contributed by atoms with Crippen LogP contribution in [0.5, 0.6) is 0 Å². The Kier molecular flexibility index (Phi) is 2.46. The molecule has 0 fully saturated rings. The molecule has 1 nitrogen and oxygen atoms in total. The molecule has 0 aliphatic carbocycles. The summed E-state index contributed by atoms with van der Waals surface area (Å²) >= 11 is 0. The van der Waals surface area contributed by atoms with Crippen molar-refractivity contribution in [3.05, 3.63) is 35.4 Å². The molecule has 0 unspecified atom stereocenters. The summed E-state index contributed by atoms with van der Waals surface area (Å²) in [5.74, 6) is 2.53. The van der Waals surface area contributed by atoms with E-state index in [0.717, 1.165) is 11.8 Å². The fraction of sp³-hybridized carbons (Fsp3) is 0.100. The zero-order chi connectivity index (χ0) is 8.10. The van der Waals surface area contributed by atoms with Crippen molar-refractivity contribution in [2.45, 2.75) is 6.42 Å². The maximum atomic E-state index is 10.2. The van der Waals surface area contributed by atoms with E-state index in [-0.39, 0.29) is 0 Å². The lowest BCUT2D eigenvalue weighted by Gasteiger charge is -1.93. The van der Waals surface area contributed by atoms with Crippen LogP contribution in [0.3, 0.4) is 0 Å². The number of rotatable bonds is 2. The molecule has 0 N–H and O–H groups in total. The van der Waals surface area contributed by atoms with E-state index in [1.807, 2.05) is 12.1 Å². The predicted molar refractivity (Wildman–Crippen MR) is 44.4 cm³/mol. The monoisotopic (exact) mass is 144 g/mol. The fourth-order valence-electron chi connectivity index (χ4n) is 0.832. The SMILES string of the molecule is C#CCc1ccc(C=O)cc1. The Bertz CT molecular complexity index is 277. The molecule has 1 aromatic carbocycles. The zero-order valence-corrected chi connectivity index (χ0v) is 6.08. The van der Waals surface area contributed by atoms with Crippen LogP contribution in [-0.2, 0) is 6.42 Å². The Labute approximate surface area is 66.1 Å². The van der Waals surface area contributed by atoms with Crippen molar-refractivity contribution in [1.29, 1.82) is 0 Å². The Hall–Kier alpha value is -1.55. The molecule has 0 saturated carbocycles. The Morgan fingerprint density at radius 2 is 2.00 bits per heavy atom. The topological polar surface area (TPSA) is 17.1 Å². The summed E-state index contributed by atoms with van der Waals surface area (Å²) in [5.41, 5.74) is 1.75. The smallest absolute Gasteiger partial charge is 0.150 e. The molecule has 0 bridgehead atoms. The van der Waals surface area contributed by atoms with Crippen molar-refractivity contribution in [2.75, 3.05) is 0 Å². The second kappa shape index (κ2) is 3.58. The highest BCUT2D eigenvalue weighted by Gasteiger charge is 1.89. The average Bonchev–Trinajstić information content (AvgIpc) is 2.07. The number of hydrogen-bond acceptors (Lipinski definition) is 1. The van der Waals surface area contributed by atoms with Gasteiger partial charge in [0.1, 0.15) is 6.29 Å². The largest absolute Gasteiger partial charge is 0.298 e. The van der Waals surface area contributed by atoms with Gasteiger partial charge < -0.3 is 0 Å². The van der Waals surface area contributed by atoms with Gasteiger partial charge in [-0.2, -0.15) is 0 Å². The van der Waals surface area contributed by atoms with Crippen LogP contribution >= 0.6 is 0 Å². The predicted octanol–water partition coefficient (Wildman–Crippen LogP) is 1.67. The minimum Gasteiger partial charge on any atom is -0.298 e. The van der Waals surface area contributed by atoms with Crippen LogP contribution in [0.15, 0.2) is 24.3 Å². The maximum absolute atomic E-state index is 10.2. The summed E-state index contributed by atoms with van der Waals surface area (Å²) in [6.45, 7) is 0. The maximum Gasteiger partial charge on any atom is 0.150 e. The van der Waals surface area contributed by atoms with Gasteiger partial charge in [-0.05, 0) is 5.56 Å². The first-order valence-electron chi connectivity index (χ1n) is 3.34. The highest BCUT2D eigenvalue weighted by molar-refractivity contribution is 5.74. The van der Waals surface area contributed by atoms with Crippen molar-refractivity contribution >= 4 is 6.29 Å². The normalized spacial score (nSPS) is 8.64. The second-order valence-electron chi connectivity index (χ2n) is 2.24. The molecule has 54 valence electrons. The van der Waals surface area contributed by atoms with E-state index in [2.05, 4.69) is 5.92 Å². The average molecular weight is 144 g/mol. The molecule has 0 aliphatic heterocycles. The molecule has 1 heteroatoms. The van der Waals surface area contributed by atoms with Gasteiger partial charge in [0.05, 0.1) is 0 Å². The van der Waals surface area contributed by atoms with Gasteiger partial charge in [-0.3, -0.25) is 4.79 Å². The standard InChI is InChI=1S/C10H8O/c1-2-3-9-4-6-10(8-11)7-5-9/h1,4-8H,3H2. The lowest BCUT2D eigenvalue weighted by atomic mass is 10.1. The van der Waals surface area contributed by atoms with Crippen molar-refractivity contribution in [2.24, 2.45) is 0 Å². The molecule has 0 saturated heterocycles. The molecular formula is C10H8O. The lowest BCUT2D eigenvalue weighted by molar-refractivity contribution is 0.112. The molecule has 0 amide bonds. The van der Waals surface area contributed by atoms with E-state index in [1.54, 1.807) is 12.1 Å². The van der Waals surface area contributed by atoms with E-state index >= 15 is 0 Å². The fourth-order valence-corrected chi connectivity index (χ4v) is 0.832. The highest BCUT2D eigenvalue weighted by atomic mass is 16.1. The van der Waals surface area contributed by atoms with Crippen LogP contribution in [0.2, 0.25) is 0 Å². The number of benzene rings is 1. The summed E-state index contributed by atoms with van der Waals surface area (Å²) in [6.07, 6.45) is 6.55. The van der Waals surface area contributed by atoms with Gasteiger partial charge in [-0.15, -0.1) is 12.3 Å². The molecule has 1 rings (SSSR count). The van der Waals surface area contributed by atoms with E-state index in [4.69, 9.17) is 6.42 Å². The van der Waals surface area contributed by atoms with E-state index in [9.17, 15) is 4.79 Å². The molecule has 0 atom stereocenters. The third kappa shape index (κ3) is 1.94. The first-order valence-corrected chi connectivity index (χ1v) is 3.34. The van der Waals surface area contributed by atoms with Gasteiger partial charge in [0, 0.05) is 12.0 Å². The molecule has 11 heavy (non-hydrogen) atoms. The molecular weight excluding hydrogens is 136 g/mol. The van der Waals surface area contributed by atoms with Crippen molar-refractivity contribution in [3.8, 4) is 12.3 Å². The molecule has 0 spiro atoms. The summed E-state index contributed by atoms with van der Waals surface area (Å²) < 4.78 is 0. The summed E-state index contributed by atoms with van der Waals surface area (Å²) in [5, 5.41) is 0. The van der Waals surface area contributed by atoms with Crippen LogP contribution in [0.4, 0.5) is 0 Å². The van der Waals surface area contributed by atoms with Gasteiger partial charge in [-0.25, -0.2) is 0 Å². The third-order valence-electron chi connectivity index (χ3n) is 1.42. The quantitative estimate of drug-likeness (QED) is 0.456. The molecule has 0 aromatic heterocycles. The van der Waals surface area contributed by atoms with Gasteiger partial charge in [-0.1, -0.05) is 24.3 Å². The van der Waals surface area contributed by atoms with Crippen LogP contribution in [-0.4, -0.2) is 6.29 Å². The molecule has 0 aliphatic rings. The number of aldehydes is 1. The number of hydrogen-bond donors (Lipinski definition) is 0. The minimum absolute atomic E-state index is 0.624. The van der Waals surface area contributed by atoms with Crippen LogP contribution in [0, 0.1) is 12.3 Å². The summed E-state index contributed by atoms with van der Waals surface area (Å²) in [4.78, 5) is 10.2. The van der Waals surface area contributed by atoms with Crippen LogP contribution in [0.25, 0.3) is 0 Å². The molecule has 0 heterocycles. The first-order chi connectivity index (χ1) is 5.36. The van der Waals surface area contributed by atoms with Crippen molar-refractivity contribution < 1.29 is 4.79 Å². The van der Waals surface area contributed by atoms with E-state index in [0.29, 0.717) is 12.0 Å². The van der Waals surface area contributed by atoms with E-state index < -0.39 is 0 Å². The van der Waals surface area contributed by atoms with E-state index in [1.165, 1.54) is 0 Å². The highest BCUT2D eigenvalue weighted by Crippen LogP contribution is 2.02. The minimum atomic E-state index is 0.624. The second-order valence-corrected chi connectivity index (χ2v) is 2.24. The van der Waals surface area contributed by atoms with Crippen molar-refractivity contribution in [1.82, 2.24) is 0 Å². The van der Waals surface area contributed by atoms with Crippen LogP contribution in [0.1, 0.15) is 15.9 Å². The summed E-state index contributed by atoms with van der Waals surface area (Å²) in [6, 6.07) is 7.26. The number of carbonyl (C=O) groups excluding carboxylic acids is 1. The van der Waals surface area contributed by atoms with Crippen LogP contribution < -0.4 is 0 Å². The number of terminal acetylenes is 1. The van der Waals surface area contributed by atoms with Gasteiger partial charge >= 0.3 is 0 Å². The van der Waals surface area contributed by atoms with Gasteiger partial charge in [0.15, 0.2) is 0 Å². The first kappa shape index (κ1) is 7.56. The molecule has 0 radical (unpaired) electrons. The third-order valence-corrected chi connectivity index (χ3v) is 1.42. The van der Waals surface area contributed by atoms with Crippen molar-refractivity contribution in [3.63, 3.8) is 0 Å². The molecule has 1 aromatic rings.